The Morgan fingerprint density at radius 1 is 1.10 bits per heavy atom. The van der Waals surface area contributed by atoms with Crippen LogP contribution in [0, 0.1) is 0 Å². The average Bonchev–Trinajstić information content (AvgIpc) is 3.07. The molecule has 4 aliphatic rings. The van der Waals surface area contributed by atoms with Crippen molar-refractivity contribution in [1.82, 2.24) is 9.62 Å². The van der Waals surface area contributed by atoms with Gasteiger partial charge >= 0.3 is 0 Å². The number of nitrogens with zero attached hydrogens (tertiary/aromatic N) is 2. The molecule has 8 heteroatoms. The predicted octanol–water partition coefficient (Wildman–Crippen LogP) is 1.70. The second kappa shape index (κ2) is 8.24. The molecule has 2 fully saturated rings. The topological polar surface area (TPSA) is 79.0 Å². The van der Waals surface area contributed by atoms with Gasteiger partial charge in [-0.3, -0.25) is 4.79 Å². The molecule has 3 heterocycles. The highest BCUT2D eigenvalue weighted by molar-refractivity contribution is 7.88. The summed E-state index contributed by atoms with van der Waals surface area (Å²) in [5, 5.41) is 0. The lowest BCUT2D eigenvalue weighted by molar-refractivity contribution is -0.132. The summed E-state index contributed by atoms with van der Waals surface area (Å²) >= 11 is 0. The number of anilines is 1. The molecule has 1 aliphatic carbocycles. The summed E-state index contributed by atoms with van der Waals surface area (Å²) in [6.45, 7) is 1.20. The quantitative estimate of drug-likeness (QED) is 0.786. The highest BCUT2D eigenvalue weighted by Crippen LogP contribution is 2.39. The van der Waals surface area contributed by atoms with Crippen LogP contribution in [0.3, 0.4) is 0 Å². The lowest BCUT2D eigenvalue weighted by Gasteiger charge is -2.32. The van der Waals surface area contributed by atoms with Crippen LogP contribution in [0.5, 0.6) is 0 Å². The molecule has 1 aromatic carbocycles. The van der Waals surface area contributed by atoms with Gasteiger partial charge in [-0.15, -0.1) is 0 Å². The Hall–Kier alpha value is -1.64. The summed E-state index contributed by atoms with van der Waals surface area (Å²) < 4.78 is 32.6. The third-order valence-electron chi connectivity index (χ3n) is 6.57. The number of carbonyl (C=O) groups is 1. The van der Waals surface area contributed by atoms with Crippen molar-refractivity contribution in [1.29, 1.82) is 0 Å². The van der Waals surface area contributed by atoms with Crippen LogP contribution in [0.25, 0.3) is 0 Å². The zero-order chi connectivity index (χ0) is 20.6. The van der Waals surface area contributed by atoms with Gasteiger partial charge < -0.3 is 14.5 Å². The van der Waals surface area contributed by atoms with Crippen LogP contribution in [0.2, 0.25) is 0 Å². The van der Waals surface area contributed by atoms with Crippen molar-refractivity contribution < 1.29 is 17.9 Å². The molecule has 2 atom stereocenters. The van der Waals surface area contributed by atoms with Gasteiger partial charge in [0.25, 0.3) is 0 Å². The van der Waals surface area contributed by atoms with Gasteiger partial charge in [0, 0.05) is 25.3 Å². The summed E-state index contributed by atoms with van der Waals surface area (Å²) in [7, 11) is -1.38. The largest absolute Gasteiger partial charge is 0.376 e. The van der Waals surface area contributed by atoms with E-state index in [4.69, 9.17) is 4.74 Å². The molecule has 1 amide bonds. The van der Waals surface area contributed by atoms with E-state index >= 15 is 0 Å². The van der Waals surface area contributed by atoms with E-state index in [9.17, 15) is 13.2 Å². The molecule has 1 saturated heterocycles. The first-order valence-electron chi connectivity index (χ1n) is 10.5. The molecule has 7 nitrogen and oxygen atoms in total. The van der Waals surface area contributed by atoms with Gasteiger partial charge in [0.05, 0.1) is 31.6 Å². The van der Waals surface area contributed by atoms with Gasteiger partial charge in [-0.2, -0.15) is 0 Å². The monoisotopic (exact) mass is 421 g/mol. The maximum Gasteiger partial charge on any atom is 0.242 e. The normalized spacial score (nSPS) is 30.9. The molecule has 160 valence electrons. The van der Waals surface area contributed by atoms with E-state index in [0.29, 0.717) is 25.5 Å². The molecule has 2 bridgehead atoms. The van der Waals surface area contributed by atoms with Crippen molar-refractivity contribution in [3.8, 4) is 0 Å². The van der Waals surface area contributed by atoms with Crippen LogP contribution >= 0.6 is 0 Å². The Bertz CT molecular complexity index is 851. The van der Waals surface area contributed by atoms with Gasteiger partial charge in [-0.05, 0) is 49.7 Å². The highest BCUT2D eigenvalue weighted by Gasteiger charge is 2.40. The fraction of sp³-hybridized carbons (Fsp3) is 0.667. The summed E-state index contributed by atoms with van der Waals surface area (Å²) in [6.07, 6.45) is 6.09. The highest BCUT2D eigenvalue weighted by atomic mass is 32.2. The lowest BCUT2D eigenvalue weighted by Crippen LogP contribution is -2.51. The number of hydrogen-bond acceptors (Lipinski definition) is 5. The molecular formula is C21H31N3O4S. The number of hydrogen-bond donors (Lipinski definition) is 1. The number of sulfonamides is 1. The molecule has 29 heavy (non-hydrogen) atoms. The Morgan fingerprint density at radius 2 is 1.83 bits per heavy atom. The molecule has 1 N–H and O–H groups in total. The summed E-state index contributed by atoms with van der Waals surface area (Å²) in [5.41, 5.74) is 2.43. The van der Waals surface area contributed by atoms with Crippen LogP contribution < -0.4 is 9.62 Å². The second-order valence-electron chi connectivity index (χ2n) is 8.66. The Balaban J connectivity index is 1.63. The van der Waals surface area contributed by atoms with Crippen molar-refractivity contribution >= 4 is 21.6 Å². The number of fused-ring (bicyclic) bond motifs is 5. The van der Waals surface area contributed by atoms with Crippen molar-refractivity contribution in [3.63, 3.8) is 0 Å². The molecule has 1 saturated carbocycles. The van der Waals surface area contributed by atoms with Crippen molar-refractivity contribution in [2.75, 3.05) is 37.9 Å². The fourth-order valence-electron chi connectivity index (χ4n) is 5.12. The number of amides is 1. The number of rotatable bonds is 2. The van der Waals surface area contributed by atoms with Gasteiger partial charge in [-0.1, -0.05) is 18.2 Å². The summed E-state index contributed by atoms with van der Waals surface area (Å²) in [6, 6.07) is 7.82. The average molecular weight is 422 g/mol. The smallest absolute Gasteiger partial charge is 0.242 e. The van der Waals surface area contributed by atoms with Crippen LogP contribution in [0.1, 0.15) is 43.6 Å². The predicted molar refractivity (Wildman–Crippen MR) is 113 cm³/mol. The zero-order valence-electron chi connectivity index (χ0n) is 17.2. The first-order chi connectivity index (χ1) is 13.8. The number of likely N-dealkylation sites (N-methyl/N-ethyl adjacent to an activating group) is 1. The molecule has 0 unspecified atom stereocenters. The van der Waals surface area contributed by atoms with E-state index in [-0.39, 0.29) is 30.6 Å². The minimum absolute atomic E-state index is 0.0142. The minimum atomic E-state index is -3.35. The van der Waals surface area contributed by atoms with E-state index in [1.807, 2.05) is 22.9 Å². The summed E-state index contributed by atoms with van der Waals surface area (Å²) in [4.78, 5) is 17.0. The Kier molecular flexibility index (Phi) is 5.86. The number of ether oxygens (including phenoxy) is 1. The minimum Gasteiger partial charge on any atom is -0.376 e. The SMILES string of the molecule is CN1CC(=O)N2CC[C@H](NS(C)(=O)=O)[C@@H]2COC2CCC(CC2)c2ccccc21. The maximum absolute atomic E-state index is 13.2. The zero-order valence-corrected chi connectivity index (χ0v) is 18.0. The number of benzene rings is 1. The first kappa shape index (κ1) is 20.6. The van der Waals surface area contributed by atoms with E-state index in [1.54, 1.807) is 0 Å². The fourth-order valence-corrected chi connectivity index (χ4v) is 5.94. The Labute approximate surface area is 173 Å². The molecule has 3 aliphatic heterocycles. The number of carbonyl (C=O) groups excluding carboxylic acids is 1. The first-order valence-corrected chi connectivity index (χ1v) is 12.4. The second-order valence-corrected chi connectivity index (χ2v) is 10.4. The van der Waals surface area contributed by atoms with E-state index in [0.717, 1.165) is 31.4 Å². The van der Waals surface area contributed by atoms with Crippen molar-refractivity contribution in [3.05, 3.63) is 29.8 Å². The van der Waals surface area contributed by atoms with Gasteiger partial charge in [0.1, 0.15) is 0 Å². The molecular weight excluding hydrogens is 390 g/mol. The van der Waals surface area contributed by atoms with Gasteiger partial charge in [0.15, 0.2) is 0 Å². The molecule has 0 spiro atoms. The van der Waals surface area contributed by atoms with Crippen LogP contribution in [0.15, 0.2) is 24.3 Å². The van der Waals surface area contributed by atoms with Crippen LogP contribution in [0.4, 0.5) is 5.69 Å². The maximum atomic E-state index is 13.2. The Morgan fingerprint density at radius 3 is 2.55 bits per heavy atom. The van der Waals surface area contributed by atoms with E-state index in [1.165, 1.54) is 11.8 Å². The molecule has 5 rings (SSSR count). The molecule has 0 aromatic heterocycles. The molecule has 0 radical (unpaired) electrons. The van der Waals surface area contributed by atoms with E-state index < -0.39 is 10.0 Å². The van der Waals surface area contributed by atoms with Gasteiger partial charge in [0.2, 0.25) is 15.9 Å². The molecule has 1 aromatic rings. The standard InChI is InChI=1S/C21H31N3O4S/c1-23-13-21(25)24-12-11-18(22-29(2,26)27)20(24)14-28-16-9-7-15(8-10-16)17-5-3-4-6-19(17)23/h3-6,15-16,18,20,22H,7-14H2,1-2H3/t15?,16?,18-,20-/m0/s1. The van der Waals surface area contributed by atoms with Gasteiger partial charge in [-0.25, -0.2) is 13.1 Å². The van der Waals surface area contributed by atoms with Crippen LogP contribution in [-0.4, -0.2) is 70.4 Å². The van der Waals surface area contributed by atoms with Crippen LogP contribution in [-0.2, 0) is 19.6 Å². The van der Waals surface area contributed by atoms with Crippen molar-refractivity contribution in [2.45, 2.75) is 56.2 Å². The lowest BCUT2D eigenvalue weighted by atomic mass is 9.82. The third-order valence-corrected chi connectivity index (χ3v) is 7.30. The number of para-hydroxylation sites is 1. The van der Waals surface area contributed by atoms with E-state index in [2.05, 4.69) is 22.9 Å². The van der Waals surface area contributed by atoms with Crippen molar-refractivity contribution in [2.24, 2.45) is 0 Å². The number of nitrogens with one attached hydrogen (secondary N) is 1. The third kappa shape index (κ3) is 4.59. The summed E-state index contributed by atoms with van der Waals surface area (Å²) in [5.74, 6) is 0.504.